The molecular weight excluding hydrogens is 472 g/mol. The van der Waals surface area contributed by atoms with Gasteiger partial charge in [0.05, 0.1) is 23.1 Å². The molecule has 0 amide bonds. The van der Waals surface area contributed by atoms with Crippen LogP contribution in [-0.2, 0) is 11.3 Å². The van der Waals surface area contributed by atoms with Gasteiger partial charge < -0.3 is 14.4 Å². The van der Waals surface area contributed by atoms with E-state index in [4.69, 9.17) is 14.4 Å². The van der Waals surface area contributed by atoms with Gasteiger partial charge in [-0.05, 0) is 29.8 Å². The number of benzene rings is 2. The molecule has 0 spiro atoms. The zero-order valence-electron chi connectivity index (χ0n) is 19.6. The van der Waals surface area contributed by atoms with E-state index in [1.165, 1.54) is 0 Å². The fourth-order valence-electron chi connectivity index (χ4n) is 4.39. The van der Waals surface area contributed by atoms with Gasteiger partial charge in [-0.25, -0.2) is 9.48 Å². The zero-order chi connectivity index (χ0) is 25.2. The molecule has 1 aliphatic heterocycles. The molecule has 0 aliphatic carbocycles. The molecule has 1 aliphatic rings. The average molecular weight is 495 g/mol. The van der Waals surface area contributed by atoms with Crippen molar-refractivity contribution < 1.29 is 19.2 Å². The first kappa shape index (κ1) is 22.6. The molecule has 0 bridgehead atoms. The predicted molar refractivity (Wildman–Crippen MR) is 134 cm³/mol. The highest BCUT2D eigenvalue weighted by molar-refractivity contribution is 5.78. The lowest BCUT2D eigenvalue weighted by Gasteiger charge is -2.37. The van der Waals surface area contributed by atoms with Crippen LogP contribution in [-0.4, -0.2) is 60.3 Å². The molecule has 4 heterocycles. The van der Waals surface area contributed by atoms with Crippen LogP contribution >= 0.6 is 0 Å². The molecule has 3 aromatic heterocycles. The number of likely N-dealkylation sites (tertiary alicyclic amines) is 1. The van der Waals surface area contributed by atoms with E-state index in [1.54, 1.807) is 18.6 Å². The van der Waals surface area contributed by atoms with Gasteiger partial charge in [0.15, 0.2) is 0 Å². The lowest BCUT2D eigenvalue weighted by atomic mass is 10.1. The molecule has 1 N–H and O–H groups in total. The van der Waals surface area contributed by atoms with Gasteiger partial charge in [-0.2, -0.15) is 10.1 Å². The van der Waals surface area contributed by atoms with Crippen LogP contribution in [0, 0.1) is 0 Å². The van der Waals surface area contributed by atoms with E-state index >= 15 is 0 Å². The second kappa shape index (κ2) is 9.67. The van der Waals surface area contributed by atoms with Crippen molar-refractivity contribution in [3.63, 3.8) is 0 Å². The summed E-state index contributed by atoms with van der Waals surface area (Å²) in [4.78, 5) is 21.7. The molecule has 2 aromatic carbocycles. The monoisotopic (exact) mass is 494 g/mol. The number of ether oxygens (including phenoxy) is 1. The number of hydrogen-bond donors (Lipinski definition) is 1. The minimum absolute atomic E-state index is 0.252. The van der Waals surface area contributed by atoms with E-state index < -0.39 is 6.16 Å². The summed E-state index contributed by atoms with van der Waals surface area (Å²) < 4.78 is 12.3. The maximum Gasteiger partial charge on any atom is 0.506 e. The van der Waals surface area contributed by atoms with Crippen molar-refractivity contribution in [2.75, 3.05) is 13.1 Å². The van der Waals surface area contributed by atoms with Gasteiger partial charge in [0.25, 0.3) is 5.89 Å². The van der Waals surface area contributed by atoms with E-state index in [1.807, 2.05) is 71.4 Å². The van der Waals surface area contributed by atoms with Crippen LogP contribution in [0.1, 0.15) is 5.56 Å². The summed E-state index contributed by atoms with van der Waals surface area (Å²) in [5.41, 5.74) is 5.24. The number of aromatic nitrogens is 5. The van der Waals surface area contributed by atoms with Crippen LogP contribution in [0.3, 0.4) is 0 Å². The van der Waals surface area contributed by atoms with Crippen molar-refractivity contribution in [1.82, 2.24) is 29.8 Å². The van der Waals surface area contributed by atoms with Crippen LogP contribution in [0.15, 0.2) is 89.8 Å². The van der Waals surface area contributed by atoms with Gasteiger partial charge in [0.1, 0.15) is 6.10 Å². The van der Waals surface area contributed by atoms with Crippen molar-refractivity contribution in [2.24, 2.45) is 0 Å². The van der Waals surface area contributed by atoms with E-state index in [0.29, 0.717) is 36.9 Å². The van der Waals surface area contributed by atoms with Gasteiger partial charge in [0, 0.05) is 43.2 Å². The molecule has 10 heteroatoms. The Balaban J connectivity index is 1.24. The number of pyridine rings is 1. The lowest BCUT2D eigenvalue weighted by Crippen LogP contribution is -2.52. The van der Waals surface area contributed by atoms with E-state index in [9.17, 15) is 4.79 Å². The van der Waals surface area contributed by atoms with Crippen molar-refractivity contribution >= 4 is 6.16 Å². The minimum Gasteiger partial charge on any atom is -0.450 e. The van der Waals surface area contributed by atoms with Crippen LogP contribution in [0.4, 0.5) is 4.79 Å². The highest BCUT2D eigenvalue weighted by Crippen LogP contribution is 2.33. The first-order valence-corrected chi connectivity index (χ1v) is 11.7. The molecule has 37 heavy (non-hydrogen) atoms. The van der Waals surface area contributed by atoms with Crippen molar-refractivity contribution in [3.8, 4) is 39.8 Å². The Bertz CT molecular complexity index is 1510. The average Bonchev–Trinajstić information content (AvgIpc) is 3.56. The maximum absolute atomic E-state index is 10.6. The minimum atomic E-state index is -1.23. The molecule has 1 fully saturated rings. The summed E-state index contributed by atoms with van der Waals surface area (Å²) >= 11 is 0. The molecule has 6 rings (SSSR count). The first-order chi connectivity index (χ1) is 18.1. The van der Waals surface area contributed by atoms with Gasteiger partial charge in [0.2, 0.25) is 5.82 Å². The molecule has 0 radical (unpaired) electrons. The molecular formula is C27H22N6O4. The summed E-state index contributed by atoms with van der Waals surface area (Å²) in [7, 11) is 0. The standard InChI is InChI=1S/C27H22N6O4/c34-27(35)36-22-16-32(17-22)15-18-8-10-19(11-9-18)25-30-26(37-31-25)23-14-29-33(21-6-2-1-3-7-21)24(23)20-5-4-12-28-13-20/h1-14,22H,15-17H2,(H,34,35). The Kier molecular flexibility index (Phi) is 5.91. The second-order valence-electron chi connectivity index (χ2n) is 8.72. The highest BCUT2D eigenvalue weighted by atomic mass is 16.7. The van der Waals surface area contributed by atoms with Gasteiger partial charge >= 0.3 is 6.16 Å². The molecule has 5 aromatic rings. The number of nitrogens with zero attached hydrogens (tertiary/aromatic N) is 6. The highest BCUT2D eigenvalue weighted by Gasteiger charge is 2.29. The summed E-state index contributed by atoms with van der Waals surface area (Å²) in [6.07, 6.45) is 3.75. The molecule has 184 valence electrons. The third-order valence-electron chi connectivity index (χ3n) is 6.17. The third-order valence-corrected chi connectivity index (χ3v) is 6.17. The number of hydrogen-bond acceptors (Lipinski definition) is 8. The summed E-state index contributed by atoms with van der Waals surface area (Å²) in [6.45, 7) is 1.90. The maximum atomic E-state index is 10.6. The van der Waals surface area contributed by atoms with E-state index in [0.717, 1.165) is 28.1 Å². The molecule has 0 unspecified atom stereocenters. The first-order valence-electron chi connectivity index (χ1n) is 11.7. The Morgan fingerprint density at radius 1 is 1.00 bits per heavy atom. The summed E-state index contributed by atoms with van der Waals surface area (Å²) in [6, 6.07) is 21.6. The number of carboxylic acid groups (broad SMARTS) is 1. The third kappa shape index (κ3) is 4.69. The zero-order valence-corrected chi connectivity index (χ0v) is 19.6. The fraction of sp³-hybridized carbons (Fsp3) is 0.148. The van der Waals surface area contributed by atoms with Gasteiger partial charge in [-0.15, -0.1) is 0 Å². The second-order valence-corrected chi connectivity index (χ2v) is 8.72. The van der Waals surface area contributed by atoms with Crippen molar-refractivity contribution in [3.05, 3.63) is 90.9 Å². The van der Waals surface area contributed by atoms with Crippen LogP contribution in [0.25, 0.3) is 39.8 Å². The SMILES string of the molecule is O=C(O)OC1CN(Cc2ccc(-c3noc(-c4cnn(-c5ccccc5)c4-c4cccnc4)n3)cc2)C1. The van der Waals surface area contributed by atoms with Crippen LogP contribution in [0.2, 0.25) is 0 Å². The summed E-state index contributed by atoms with van der Waals surface area (Å²) in [5.74, 6) is 0.843. The van der Waals surface area contributed by atoms with Gasteiger partial charge in [-0.3, -0.25) is 9.88 Å². The van der Waals surface area contributed by atoms with E-state index in [-0.39, 0.29) is 6.10 Å². The van der Waals surface area contributed by atoms with Crippen molar-refractivity contribution in [1.29, 1.82) is 0 Å². The summed E-state index contributed by atoms with van der Waals surface area (Å²) in [5, 5.41) is 17.5. The lowest BCUT2D eigenvalue weighted by molar-refractivity contribution is -0.0363. The Morgan fingerprint density at radius 2 is 1.81 bits per heavy atom. The molecule has 1 saturated heterocycles. The Labute approximate surface area is 211 Å². The van der Waals surface area contributed by atoms with Crippen LogP contribution in [0.5, 0.6) is 0 Å². The fourth-order valence-corrected chi connectivity index (χ4v) is 4.39. The van der Waals surface area contributed by atoms with Gasteiger partial charge in [-0.1, -0.05) is 47.6 Å². The Morgan fingerprint density at radius 3 is 2.54 bits per heavy atom. The molecule has 0 atom stereocenters. The molecule has 10 nitrogen and oxygen atoms in total. The van der Waals surface area contributed by atoms with Crippen molar-refractivity contribution in [2.45, 2.75) is 12.6 Å². The molecule has 0 saturated carbocycles. The van der Waals surface area contributed by atoms with Crippen LogP contribution < -0.4 is 0 Å². The number of para-hydroxylation sites is 1. The smallest absolute Gasteiger partial charge is 0.450 e. The normalized spacial score (nSPS) is 13.8. The number of carbonyl (C=O) groups is 1. The quantitative estimate of drug-likeness (QED) is 0.325. The topological polar surface area (TPSA) is 119 Å². The van der Waals surface area contributed by atoms with E-state index in [2.05, 4.69) is 25.1 Å². The number of rotatable bonds is 7. The largest absolute Gasteiger partial charge is 0.506 e. The Hall–Kier alpha value is -4.83. The predicted octanol–water partition coefficient (Wildman–Crippen LogP) is 4.53.